The van der Waals surface area contributed by atoms with Crippen LogP contribution >= 0.6 is 11.6 Å². The highest BCUT2D eigenvalue weighted by molar-refractivity contribution is 6.30. The molecule has 128 valence electrons. The summed E-state index contributed by atoms with van der Waals surface area (Å²) >= 11 is 5.88. The maximum Gasteiger partial charge on any atom is 0.279 e. The lowest BCUT2D eigenvalue weighted by Crippen LogP contribution is -3.08. The average Bonchev–Trinajstić information content (AvgIpc) is 2.56. The Balaban J connectivity index is 1.96. The Morgan fingerprint density at radius 2 is 1.83 bits per heavy atom. The van der Waals surface area contributed by atoms with Crippen LogP contribution < -0.4 is 19.7 Å². The lowest BCUT2D eigenvalue weighted by molar-refractivity contribution is -0.885. The van der Waals surface area contributed by atoms with E-state index in [-0.39, 0.29) is 5.91 Å². The molecular formula is C18H22ClN2O3+. The van der Waals surface area contributed by atoms with Crippen molar-refractivity contribution >= 4 is 23.2 Å². The molecule has 0 bridgehead atoms. The fraction of sp³-hybridized carbons (Fsp3) is 0.278. The number of halogens is 1. The van der Waals surface area contributed by atoms with Crippen molar-refractivity contribution in [3.05, 3.63) is 53.1 Å². The van der Waals surface area contributed by atoms with Gasteiger partial charge in [-0.25, -0.2) is 0 Å². The van der Waals surface area contributed by atoms with Crippen LogP contribution in [0.1, 0.15) is 5.56 Å². The van der Waals surface area contributed by atoms with Crippen molar-refractivity contribution in [1.82, 2.24) is 0 Å². The number of ether oxygens (including phenoxy) is 2. The Morgan fingerprint density at radius 3 is 2.46 bits per heavy atom. The minimum absolute atomic E-state index is 0.0898. The molecule has 2 rings (SSSR count). The van der Waals surface area contributed by atoms with Gasteiger partial charge in [-0.2, -0.15) is 0 Å². The van der Waals surface area contributed by atoms with Crippen molar-refractivity contribution in [2.75, 3.05) is 33.1 Å². The SMILES string of the molecule is COc1ccc(OC)c(NC(=O)C[NH+](C)Cc2ccc(Cl)cc2)c1. The highest BCUT2D eigenvalue weighted by Crippen LogP contribution is 2.28. The number of methoxy groups -OCH3 is 2. The van der Waals surface area contributed by atoms with E-state index in [0.29, 0.717) is 28.8 Å². The number of benzene rings is 2. The second-order valence-corrected chi connectivity index (χ2v) is 5.99. The molecule has 1 atom stereocenters. The minimum Gasteiger partial charge on any atom is -0.497 e. The van der Waals surface area contributed by atoms with Crippen LogP contribution in [0.4, 0.5) is 5.69 Å². The van der Waals surface area contributed by atoms with Crippen molar-refractivity contribution in [1.29, 1.82) is 0 Å². The minimum atomic E-state index is -0.0898. The quantitative estimate of drug-likeness (QED) is 0.804. The number of likely N-dealkylation sites (N-methyl/N-ethyl adjacent to an activating group) is 1. The Kier molecular flexibility index (Phi) is 6.46. The molecule has 0 aliphatic rings. The summed E-state index contributed by atoms with van der Waals surface area (Å²) in [6, 6.07) is 12.9. The predicted octanol–water partition coefficient (Wildman–Crippen LogP) is 2.01. The van der Waals surface area contributed by atoms with Gasteiger partial charge in [0.05, 0.1) is 27.0 Å². The van der Waals surface area contributed by atoms with Gasteiger partial charge in [0.15, 0.2) is 6.54 Å². The number of carbonyl (C=O) groups excluding carboxylic acids is 1. The summed E-state index contributed by atoms with van der Waals surface area (Å²) in [5, 5.41) is 3.58. The molecule has 0 heterocycles. The molecule has 2 aromatic rings. The van der Waals surface area contributed by atoms with Gasteiger partial charge in [-0.15, -0.1) is 0 Å². The molecule has 1 amide bonds. The van der Waals surface area contributed by atoms with Crippen LogP contribution in [-0.2, 0) is 11.3 Å². The average molecular weight is 350 g/mol. The van der Waals surface area contributed by atoms with Crippen molar-refractivity contribution in [2.45, 2.75) is 6.54 Å². The van der Waals surface area contributed by atoms with E-state index in [0.717, 1.165) is 17.0 Å². The van der Waals surface area contributed by atoms with Gasteiger partial charge >= 0.3 is 0 Å². The zero-order valence-electron chi connectivity index (χ0n) is 14.1. The molecule has 5 nitrogen and oxygen atoms in total. The van der Waals surface area contributed by atoms with Crippen molar-refractivity contribution in [3.8, 4) is 11.5 Å². The van der Waals surface area contributed by atoms with Crippen LogP contribution in [0.3, 0.4) is 0 Å². The zero-order chi connectivity index (χ0) is 17.5. The van der Waals surface area contributed by atoms with Crippen LogP contribution in [0.5, 0.6) is 11.5 Å². The van der Waals surface area contributed by atoms with E-state index in [1.165, 1.54) is 0 Å². The topological polar surface area (TPSA) is 52.0 Å². The maximum atomic E-state index is 12.3. The molecular weight excluding hydrogens is 328 g/mol. The molecule has 0 aliphatic heterocycles. The van der Waals surface area contributed by atoms with Gasteiger partial charge in [-0.05, 0) is 24.3 Å². The van der Waals surface area contributed by atoms with Crippen LogP contribution in [0.15, 0.2) is 42.5 Å². The summed E-state index contributed by atoms with van der Waals surface area (Å²) in [4.78, 5) is 13.4. The van der Waals surface area contributed by atoms with Crippen molar-refractivity contribution < 1.29 is 19.2 Å². The fourth-order valence-corrected chi connectivity index (χ4v) is 2.52. The molecule has 0 saturated carbocycles. The molecule has 0 saturated heterocycles. The number of anilines is 1. The number of hydrogen-bond acceptors (Lipinski definition) is 3. The normalized spacial score (nSPS) is 11.7. The Hall–Kier alpha value is -2.24. The van der Waals surface area contributed by atoms with Gasteiger partial charge in [0, 0.05) is 16.7 Å². The molecule has 0 fully saturated rings. The standard InChI is InChI=1S/C18H21ClN2O3/c1-21(11-13-4-6-14(19)7-5-13)12-18(22)20-16-10-15(23-2)8-9-17(16)24-3/h4-10H,11-12H2,1-3H3,(H,20,22)/p+1. The van der Waals surface area contributed by atoms with Gasteiger partial charge in [-0.1, -0.05) is 23.7 Å². The van der Waals surface area contributed by atoms with E-state index in [1.807, 2.05) is 31.3 Å². The third kappa shape index (κ3) is 5.15. The highest BCUT2D eigenvalue weighted by atomic mass is 35.5. The van der Waals surface area contributed by atoms with Crippen LogP contribution in [-0.4, -0.2) is 33.7 Å². The van der Waals surface area contributed by atoms with E-state index in [1.54, 1.807) is 32.4 Å². The number of quaternary nitrogens is 1. The number of carbonyl (C=O) groups is 1. The molecule has 0 radical (unpaired) electrons. The molecule has 6 heteroatoms. The van der Waals surface area contributed by atoms with Gasteiger partial charge in [0.1, 0.15) is 18.0 Å². The molecule has 1 unspecified atom stereocenters. The highest BCUT2D eigenvalue weighted by Gasteiger charge is 2.14. The Morgan fingerprint density at radius 1 is 1.12 bits per heavy atom. The van der Waals surface area contributed by atoms with Crippen LogP contribution in [0.2, 0.25) is 5.02 Å². The van der Waals surface area contributed by atoms with Crippen molar-refractivity contribution in [3.63, 3.8) is 0 Å². The van der Waals surface area contributed by atoms with Gasteiger partial charge in [-0.3, -0.25) is 4.79 Å². The van der Waals surface area contributed by atoms with Gasteiger partial charge < -0.3 is 19.7 Å². The smallest absolute Gasteiger partial charge is 0.279 e. The Bertz CT molecular complexity index is 689. The van der Waals surface area contributed by atoms with E-state index < -0.39 is 0 Å². The predicted molar refractivity (Wildman–Crippen MR) is 95.1 cm³/mol. The third-order valence-corrected chi connectivity index (χ3v) is 3.81. The number of amides is 1. The largest absolute Gasteiger partial charge is 0.497 e. The van der Waals surface area contributed by atoms with E-state index in [9.17, 15) is 4.79 Å². The molecule has 0 aliphatic carbocycles. The lowest BCUT2D eigenvalue weighted by atomic mass is 10.2. The van der Waals surface area contributed by atoms with Gasteiger partial charge in [0.25, 0.3) is 5.91 Å². The van der Waals surface area contributed by atoms with Crippen LogP contribution in [0, 0.1) is 0 Å². The first-order chi connectivity index (χ1) is 11.5. The molecule has 2 N–H and O–H groups in total. The maximum absolute atomic E-state index is 12.3. The van der Waals surface area contributed by atoms with Gasteiger partial charge in [0.2, 0.25) is 0 Å². The Labute approximate surface area is 147 Å². The number of nitrogens with one attached hydrogen (secondary N) is 2. The first kappa shape index (κ1) is 18.1. The number of hydrogen-bond donors (Lipinski definition) is 2. The lowest BCUT2D eigenvalue weighted by Gasteiger charge is -2.15. The number of rotatable bonds is 7. The van der Waals surface area contributed by atoms with Crippen LogP contribution in [0.25, 0.3) is 0 Å². The fourth-order valence-electron chi connectivity index (χ4n) is 2.39. The first-order valence-electron chi connectivity index (χ1n) is 7.59. The molecule has 2 aromatic carbocycles. The zero-order valence-corrected chi connectivity index (χ0v) is 14.8. The van der Waals surface area contributed by atoms with E-state index in [2.05, 4.69) is 5.32 Å². The second kappa shape index (κ2) is 8.57. The summed E-state index contributed by atoms with van der Waals surface area (Å²) in [5.41, 5.74) is 1.73. The summed E-state index contributed by atoms with van der Waals surface area (Å²) in [7, 11) is 5.11. The summed E-state index contributed by atoms with van der Waals surface area (Å²) in [5.74, 6) is 1.17. The van der Waals surface area contributed by atoms with Crippen molar-refractivity contribution in [2.24, 2.45) is 0 Å². The molecule has 0 spiro atoms. The summed E-state index contributed by atoms with van der Waals surface area (Å²) in [6.07, 6.45) is 0. The first-order valence-corrected chi connectivity index (χ1v) is 7.97. The van der Waals surface area contributed by atoms with E-state index in [4.69, 9.17) is 21.1 Å². The van der Waals surface area contributed by atoms with E-state index >= 15 is 0 Å². The monoisotopic (exact) mass is 349 g/mol. The summed E-state index contributed by atoms with van der Waals surface area (Å²) < 4.78 is 10.5. The molecule has 24 heavy (non-hydrogen) atoms. The third-order valence-electron chi connectivity index (χ3n) is 3.56. The second-order valence-electron chi connectivity index (χ2n) is 5.55. The summed E-state index contributed by atoms with van der Waals surface area (Å²) in [6.45, 7) is 1.07. The molecule has 0 aromatic heterocycles.